The minimum atomic E-state index is -0.567. The molecule has 1 saturated carbocycles. The first-order valence-corrected chi connectivity index (χ1v) is 8.70. The van der Waals surface area contributed by atoms with Crippen LogP contribution >= 0.6 is 0 Å². The van der Waals surface area contributed by atoms with Crippen molar-refractivity contribution in [2.45, 2.75) is 90.3 Å². The Morgan fingerprint density at radius 3 is 2.38 bits per heavy atom. The maximum atomic E-state index is 11.7. The third kappa shape index (κ3) is 6.79. The smallest absolute Gasteiger partial charge is 0.237 e. The second kappa shape index (κ2) is 8.74. The molecule has 0 aromatic heterocycles. The van der Waals surface area contributed by atoms with Crippen LogP contribution in [-0.2, 0) is 4.79 Å². The minimum Gasteiger partial charge on any atom is -0.368 e. The quantitative estimate of drug-likeness (QED) is 0.545. The fraction of sp³-hybridized carbons (Fsp3) is 0.941. The summed E-state index contributed by atoms with van der Waals surface area (Å²) in [7, 11) is 0. The highest BCUT2D eigenvalue weighted by atomic mass is 16.1. The number of carbonyl (C=O) groups is 1. The molecule has 0 heterocycles. The average molecular weight is 297 g/mol. The van der Waals surface area contributed by atoms with Gasteiger partial charge < -0.3 is 16.0 Å². The van der Waals surface area contributed by atoms with Crippen LogP contribution in [0.15, 0.2) is 0 Å². The number of hydrogen-bond acceptors (Lipinski definition) is 3. The summed E-state index contributed by atoms with van der Waals surface area (Å²) in [5.41, 5.74) is 5.01. The largest absolute Gasteiger partial charge is 0.368 e. The molecule has 1 fully saturated rings. The van der Waals surface area contributed by atoms with Crippen LogP contribution in [0.5, 0.6) is 0 Å². The first kappa shape index (κ1) is 18.4. The van der Waals surface area contributed by atoms with Gasteiger partial charge in [0.05, 0.1) is 5.54 Å². The number of nitrogens with two attached hydrogens (primary N) is 1. The third-order valence-corrected chi connectivity index (χ3v) is 4.39. The highest BCUT2D eigenvalue weighted by molar-refractivity contribution is 5.84. The third-order valence-electron chi connectivity index (χ3n) is 4.39. The molecule has 0 aliphatic heterocycles. The van der Waals surface area contributed by atoms with Crippen molar-refractivity contribution in [2.75, 3.05) is 13.1 Å². The van der Waals surface area contributed by atoms with Gasteiger partial charge in [-0.2, -0.15) is 0 Å². The normalized spacial score (nSPS) is 18.2. The number of amides is 1. The zero-order valence-electron chi connectivity index (χ0n) is 14.5. The van der Waals surface area contributed by atoms with Gasteiger partial charge in [-0.15, -0.1) is 0 Å². The molecule has 0 bridgehead atoms. The van der Waals surface area contributed by atoms with Crippen LogP contribution in [0.4, 0.5) is 0 Å². The molecule has 4 nitrogen and oxygen atoms in total. The van der Waals surface area contributed by atoms with Crippen molar-refractivity contribution >= 4 is 5.91 Å². The molecule has 1 aliphatic rings. The van der Waals surface area contributed by atoms with Crippen LogP contribution < -0.4 is 11.1 Å². The van der Waals surface area contributed by atoms with E-state index in [9.17, 15) is 4.79 Å². The number of primary amides is 1. The van der Waals surface area contributed by atoms with Crippen molar-refractivity contribution < 1.29 is 4.79 Å². The molecule has 1 unspecified atom stereocenters. The lowest BCUT2D eigenvalue weighted by Crippen LogP contribution is -2.55. The molecule has 124 valence electrons. The molecule has 0 saturated heterocycles. The van der Waals surface area contributed by atoms with E-state index in [-0.39, 0.29) is 11.9 Å². The molecule has 1 atom stereocenters. The molecule has 3 N–H and O–H groups in total. The average Bonchev–Trinajstić information content (AvgIpc) is 3.21. The van der Waals surface area contributed by atoms with Crippen molar-refractivity contribution in [3.05, 3.63) is 0 Å². The van der Waals surface area contributed by atoms with Gasteiger partial charge in [0, 0.05) is 12.1 Å². The van der Waals surface area contributed by atoms with Gasteiger partial charge in [0.15, 0.2) is 0 Å². The van der Waals surface area contributed by atoms with E-state index in [1.165, 1.54) is 38.8 Å². The van der Waals surface area contributed by atoms with Gasteiger partial charge in [-0.25, -0.2) is 0 Å². The Morgan fingerprint density at radius 1 is 1.29 bits per heavy atom. The fourth-order valence-corrected chi connectivity index (χ4v) is 2.97. The van der Waals surface area contributed by atoms with E-state index < -0.39 is 5.54 Å². The van der Waals surface area contributed by atoms with E-state index >= 15 is 0 Å². The van der Waals surface area contributed by atoms with E-state index in [0.29, 0.717) is 0 Å². The van der Waals surface area contributed by atoms with Gasteiger partial charge in [-0.3, -0.25) is 4.79 Å². The molecule has 0 aromatic carbocycles. The number of unbranched alkanes of at least 4 members (excludes halogenated alkanes) is 2. The van der Waals surface area contributed by atoms with E-state index in [4.69, 9.17) is 5.73 Å². The van der Waals surface area contributed by atoms with Crippen molar-refractivity contribution in [1.29, 1.82) is 0 Å². The minimum absolute atomic E-state index is 0.235. The van der Waals surface area contributed by atoms with Crippen molar-refractivity contribution in [1.82, 2.24) is 10.2 Å². The van der Waals surface area contributed by atoms with Crippen LogP contribution in [0, 0.1) is 0 Å². The molecule has 21 heavy (non-hydrogen) atoms. The summed E-state index contributed by atoms with van der Waals surface area (Å²) in [5, 5.41) is 3.33. The molecule has 0 aromatic rings. The molecule has 0 radical (unpaired) electrons. The van der Waals surface area contributed by atoms with Crippen LogP contribution in [-0.4, -0.2) is 41.5 Å². The summed E-state index contributed by atoms with van der Waals surface area (Å²) in [4.78, 5) is 14.3. The molecular formula is C17H35N3O. The van der Waals surface area contributed by atoms with Gasteiger partial charge in [0.1, 0.15) is 0 Å². The lowest BCUT2D eigenvalue weighted by atomic mass is 9.93. The number of nitrogens with one attached hydrogen (secondary N) is 1. The second-order valence-corrected chi connectivity index (χ2v) is 7.07. The number of hydrogen-bond donors (Lipinski definition) is 2. The van der Waals surface area contributed by atoms with Crippen LogP contribution in [0.2, 0.25) is 0 Å². The van der Waals surface area contributed by atoms with Crippen LogP contribution in [0.3, 0.4) is 0 Å². The molecule has 1 aliphatic carbocycles. The van der Waals surface area contributed by atoms with Gasteiger partial charge in [0.25, 0.3) is 0 Å². The van der Waals surface area contributed by atoms with Crippen molar-refractivity contribution in [2.24, 2.45) is 5.73 Å². The highest BCUT2D eigenvalue weighted by Gasteiger charge is 2.31. The second-order valence-electron chi connectivity index (χ2n) is 7.07. The Labute approximate surface area is 130 Å². The van der Waals surface area contributed by atoms with Crippen LogP contribution in [0.1, 0.15) is 72.6 Å². The topological polar surface area (TPSA) is 58.4 Å². The summed E-state index contributed by atoms with van der Waals surface area (Å²) >= 11 is 0. The molecule has 0 spiro atoms. The Morgan fingerprint density at radius 2 is 1.90 bits per heavy atom. The maximum absolute atomic E-state index is 11.7. The first-order valence-electron chi connectivity index (χ1n) is 8.70. The zero-order valence-corrected chi connectivity index (χ0v) is 14.5. The Bertz CT molecular complexity index is 315. The molecular weight excluding hydrogens is 262 g/mol. The summed E-state index contributed by atoms with van der Waals surface area (Å²) in [5.74, 6) is -0.235. The van der Waals surface area contributed by atoms with Crippen molar-refractivity contribution in [3.63, 3.8) is 0 Å². The SMILES string of the molecule is CCCCN(CCCCC(C)(NC(C)C)C(N)=O)C1CC1. The molecule has 1 amide bonds. The summed E-state index contributed by atoms with van der Waals surface area (Å²) in [6.07, 6.45) is 8.34. The summed E-state index contributed by atoms with van der Waals surface area (Å²) in [6, 6.07) is 1.11. The lowest BCUT2D eigenvalue weighted by Gasteiger charge is -2.30. The fourth-order valence-electron chi connectivity index (χ4n) is 2.97. The van der Waals surface area contributed by atoms with Gasteiger partial charge >= 0.3 is 0 Å². The Hall–Kier alpha value is -0.610. The van der Waals surface area contributed by atoms with Gasteiger partial charge in [0.2, 0.25) is 5.91 Å². The maximum Gasteiger partial charge on any atom is 0.237 e. The van der Waals surface area contributed by atoms with E-state index in [0.717, 1.165) is 25.3 Å². The number of carbonyl (C=O) groups excluding carboxylic acids is 1. The van der Waals surface area contributed by atoms with E-state index in [2.05, 4.69) is 31.0 Å². The van der Waals surface area contributed by atoms with Gasteiger partial charge in [-0.05, 0) is 72.4 Å². The first-order chi connectivity index (χ1) is 9.89. The molecule has 1 rings (SSSR count). The number of rotatable bonds is 12. The van der Waals surface area contributed by atoms with Crippen molar-refractivity contribution in [3.8, 4) is 0 Å². The Balaban J connectivity index is 2.31. The predicted octanol–water partition coefficient (Wildman–Crippen LogP) is 2.66. The lowest BCUT2D eigenvalue weighted by molar-refractivity contribution is -0.124. The van der Waals surface area contributed by atoms with E-state index in [1.54, 1.807) is 0 Å². The summed E-state index contributed by atoms with van der Waals surface area (Å²) in [6.45, 7) is 10.7. The van der Waals surface area contributed by atoms with E-state index in [1.807, 2.05) is 6.92 Å². The van der Waals surface area contributed by atoms with Crippen LogP contribution in [0.25, 0.3) is 0 Å². The standard InChI is InChI=1S/C17H35N3O/c1-5-6-12-20(15-9-10-15)13-8-7-11-17(4,16(18)21)19-14(2)3/h14-15,19H,5-13H2,1-4H3,(H2,18,21). The Kier molecular flexibility index (Phi) is 7.67. The predicted molar refractivity (Wildman–Crippen MR) is 89.2 cm³/mol. The molecule has 4 heteroatoms. The summed E-state index contributed by atoms with van der Waals surface area (Å²) < 4.78 is 0. The number of nitrogens with zero attached hydrogens (tertiary/aromatic N) is 1. The zero-order chi connectivity index (χ0) is 15.9. The highest BCUT2D eigenvalue weighted by Crippen LogP contribution is 2.27. The van der Waals surface area contributed by atoms with Gasteiger partial charge in [-0.1, -0.05) is 13.3 Å². The monoisotopic (exact) mass is 297 g/mol.